The smallest absolute Gasteiger partial charge is 0.333 e. The highest BCUT2D eigenvalue weighted by atomic mass is 19.1. The van der Waals surface area contributed by atoms with E-state index in [0.717, 1.165) is 40.7 Å². The first kappa shape index (κ1) is 27.3. The van der Waals surface area contributed by atoms with Gasteiger partial charge >= 0.3 is 5.97 Å². The van der Waals surface area contributed by atoms with Crippen molar-refractivity contribution >= 4 is 5.97 Å². The van der Waals surface area contributed by atoms with Crippen molar-refractivity contribution in [2.24, 2.45) is 0 Å². The van der Waals surface area contributed by atoms with E-state index in [4.69, 9.17) is 4.74 Å². The second kappa shape index (κ2) is 13.7. The zero-order valence-corrected chi connectivity index (χ0v) is 21.5. The van der Waals surface area contributed by atoms with Gasteiger partial charge in [-0.2, -0.15) is 0 Å². The van der Waals surface area contributed by atoms with Crippen LogP contribution in [0, 0.1) is 5.82 Å². The van der Waals surface area contributed by atoms with Gasteiger partial charge in [-0.1, -0.05) is 80.9 Å². The molecule has 0 aliphatic carbocycles. The normalized spacial score (nSPS) is 10.9. The van der Waals surface area contributed by atoms with Crippen LogP contribution in [0.1, 0.15) is 56.2 Å². The Bertz CT molecular complexity index is 1160. The van der Waals surface area contributed by atoms with Gasteiger partial charge in [-0.05, 0) is 72.1 Å². The van der Waals surface area contributed by atoms with Crippen LogP contribution in [0.5, 0.6) is 0 Å². The summed E-state index contributed by atoms with van der Waals surface area (Å²) in [6.07, 6.45) is 6.57. The molecule has 4 heteroatoms. The number of carbonyl (C=O) groups is 1. The summed E-state index contributed by atoms with van der Waals surface area (Å²) in [6.45, 7) is 7.78. The van der Waals surface area contributed by atoms with E-state index in [1.165, 1.54) is 24.8 Å². The Kier molecular flexibility index (Phi) is 10.4. The number of esters is 1. The molecule has 190 valence electrons. The lowest BCUT2D eigenvalue weighted by molar-refractivity contribution is -0.138. The zero-order chi connectivity index (χ0) is 25.9. The number of aryl methyl sites for hydroxylation is 2. The van der Waals surface area contributed by atoms with Gasteiger partial charge in [0.25, 0.3) is 0 Å². The number of halogens is 1. The first-order valence-corrected chi connectivity index (χ1v) is 12.9. The highest BCUT2D eigenvalue weighted by molar-refractivity contribution is 5.86. The monoisotopic (exact) mass is 488 g/mol. The number of benzene rings is 3. The molecule has 0 saturated heterocycles. The fourth-order valence-electron chi connectivity index (χ4n) is 4.29. The standard InChI is InChI=1S/C32H37FO3/c1-4-5-6-8-24-10-12-26(13-11-24)30-17-16-28(22-31(30)33)27-15-14-25(9-7-19-34)29(21-27)18-20-36-32(35)23(2)3/h10-17,21-22,34H,2,4-9,18-20H2,1,3H3. The molecule has 0 heterocycles. The van der Waals surface area contributed by atoms with Gasteiger partial charge in [0.1, 0.15) is 5.82 Å². The summed E-state index contributed by atoms with van der Waals surface area (Å²) in [5, 5.41) is 9.25. The molecule has 0 radical (unpaired) electrons. The molecule has 1 N–H and O–H groups in total. The van der Waals surface area contributed by atoms with Gasteiger partial charge in [-0.3, -0.25) is 0 Å². The largest absolute Gasteiger partial charge is 0.462 e. The third kappa shape index (κ3) is 7.63. The van der Waals surface area contributed by atoms with Crippen LogP contribution < -0.4 is 0 Å². The van der Waals surface area contributed by atoms with Crippen molar-refractivity contribution in [3.8, 4) is 22.3 Å². The maximum atomic E-state index is 15.2. The number of aliphatic hydroxyl groups excluding tert-OH is 1. The number of aliphatic hydroxyl groups is 1. The lowest BCUT2D eigenvalue weighted by Gasteiger charge is -2.13. The average molecular weight is 489 g/mol. The molecule has 0 fully saturated rings. The minimum absolute atomic E-state index is 0.109. The van der Waals surface area contributed by atoms with E-state index < -0.39 is 5.97 Å². The van der Waals surface area contributed by atoms with Crippen LogP contribution in [0.15, 0.2) is 72.8 Å². The number of carbonyl (C=O) groups excluding carboxylic acids is 1. The summed E-state index contributed by atoms with van der Waals surface area (Å²) in [5.41, 5.74) is 6.93. The van der Waals surface area contributed by atoms with Gasteiger partial charge in [0.05, 0.1) is 6.61 Å². The van der Waals surface area contributed by atoms with E-state index in [0.29, 0.717) is 24.0 Å². The molecule has 0 spiro atoms. The van der Waals surface area contributed by atoms with Gasteiger partial charge in [-0.25, -0.2) is 9.18 Å². The Labute approximate surface area is 214 Å². The molecule has 0 amide bonds. The first-order valence-electron chi connectivity index (χ1n) is 12.9. The average Bonchev–Trinajstić information content (AvgIpc) is 2.88. The quantitative estimate of drug-likeness (QED) is 0.154. The summed E-state index contributed by atoms with van der Waals surface area (Å²) < 4.78 is 20.5. The van der Waals surface area contributed by atoms with E-state index in [9.17, 15) is 9.90 Å². The molecule has 36 heavy (non-hydrogen) atoms. The molecule has 0 aliphatic heterocycles. The molecule has 0 atom stereocenters. The van der Waals surface area contributed by atoms with Crippen LogP contribution in [0.4, 0.5) is 4.39 Å². The fraction of sp³-hybridized carbons (Fsp3) is 0.344. The van der Waals surface area contributed by atoms with Crippen LogP contribution in [-0.4, -0.2) is 24.3 Å². The van der Waals surface area contributed by atoms with Crippen molar-refractivity contribution in [3.05, 3.63) is 95.3 Å². The van der Waals surface area contributed by atoms with Crippen LogP contribution in [0.2, 0.25) is 0 Å². The Morgan fingerprint density at radius 3 is 2.22 bits per heavy atom. The third-order valence-corrected chi connectivity index (χ3v) is 6.40. The Morgan fingerprint density at radius 2 is 1.56 bits per heavy atom. The third-order valence-electron chi connectivity index (χ3n) is 6.40. The van der Waals surface area contributed by atoms with Crippen molar-refractivity contribution in [2.75, 3.05) is 13.2 Å². The van der Waals surface area contributed by atoms with Crippen molar-refractivity contribution in [3.63, 3.8) is 0 Å². The van der Waals surface area contributed by atoms with Crippen LogP contribution in [0.25, 0.3) is 22.3 Å². The Hall–Kier alpha value is -3.24. The zero-order valence-electron chi connectivity index (χ0n) is 21.5. The van der Waals surface area contributed by atoms with E-state index in [1.54, 1.807) is 13.0 Å². The molecule has 0 bridgehead atoms. The molecule has 3 aromatic carbocycles. The number of rotatable bonds is 13. The van der Waals surface area contributed by atoms with Gasteiger partial charge in [-0.15, -0.1) is 0 Å². The van der Waals surface area contributed by atoms with Crippen molar-refractivity contribution in [1.29, 1.82) is 0 Å². The topological polar surface area (TPSA) is 46.5 Å². The molecular weight excluding hydrogens is 451 g/mol. The highest BCUT2D eigenvalue weighted by Gasteiger charge is 2.11. The van der Waals surface area contributed by atoms with Gasteiger partial charge in [0.2, 0.25) is 0 Å². The molecular formula is C32H37FO3. The molecule has 3 nitrogen and oxygen atoms in total. The summed E-state index contributed by atoms with van der Waals surface area (Å²) in [7, 11) is 0. The lowest BCUT2D eigenvalue weighted by atomic mass is 9.94. The number of hydrogen-bond donors (Lipinski definition) is 1. The number of ether oxygens (including phenoxy) is 1. The summed E-state index contributed by atoms with van der Waals surface area (Å²) >= 11 is 0. The van der Waals surface area contributed by atoms with Gasteiger partial charge in [0, 0.05) is 24.2 Å². The van der Waals surface area contributed by atoms with E-state index in [-0.39, 0.29) is 19.0 Å². The summed E-state index contributed by atoms with van der Waals surface area (Å²) in [6, 6.07) is 19.6. The molecule has 0 aromatic heterocycles. The van der Waals surface area contributed by atoms with Crippen LogP contribution in [-0.2, 0) is 28.8 Å². The maximum absolute atomic E-state index is 15.2. The van der Waals surface area contributed by atoms with E-state index in [1.807, 2.05) is 42.5 Å². The second-order valence-corrected chi connectivity index (χ2v) is 9.33. The predicted molar refractivity (Wildman–Crippen MR) is 145 cm³/mol. The van der Waals surface area contributed by atoms with Crippen LogP contribution in [0.3, 0.4) is 0 Å². The molecule has 0 unspecified atom stereocenters. The van der Waals surface area contributed by atoms with Crippen molar-refractivity contribution in [2.45, 2.75) is 58.8 Å². The van der Waals surface area contributed by atoms with Crippen molar-refractivity contribution < 1.29 is 19.0 Å². The molecule has 3 rings (SSSR count). The van der Waals surface area contributed by atoms with Crippen molar-refractivity contribution in [1.82, 2.24) is 0 Å². The minimum Gasteiger partial charge on any atom is -0.462 e. The molecule has 0 aliphatic rings. The number of unbranched alkanes of at least 4 members (excludes halogenated alkanes) is 2. The maximum Gasteiger partial charge on any atom is 0.333 e. The van der Waals surface area contributed by atoms with Crippen LogP contribution >= 0.6 is 0 Å². The predicted octanol–water partition coefficient (Wildman–Crippen LogP) is 7.48. The fourth-order valence-corrected chi connectivity index (χ4v) is 4.29. The number of hydrogen-bond acceptors (Lipinski definition) is 3. The summed E-state index contributed by atoms with van der Waals surface area (Å²) in [4.78, 5) is 11.7. The summed E-state index contributed by atoms with van der Waals surface area (Å²) in [5.74, 6) is -0.665. The lowest BCUT2D eigenvalue weighted by Crippen LogP contribution is -2.09. The molecule has 0 saturated carbocycles. The highest BCUT2D eigenvalue weighted by Crippen LogP contribution is 2.30. The minimum atomic E-state index is -0.408. The Morgan fingerprint density at radius 1 is 0.861 bits per heavy atom. The Balaban J connectivity index is 1.79. The second-order valence-electron chi connectivity index (χ2n) is 9.33. The van der Waals surface area contributed by atoms with E-state index >= 15 is 4.39 Å². The van der Waals surface area contributed by atoms with E-state index in [2.05, 4.69) is 25.6 Å². The SMILES string of the molecule is C=C(C)C(=O)OCCc1cc(-c2ccc(-c3ccc(CCCCC)cc3)c(F)c2)ccc1CCCO. The van der Waals surface area contributed by atoms with Gasteiger partial charge in [0.15, 0.2) is 0 Å². The first-order chi connectivity index (χ1) is 17.4. The van der Waals surface area contributed by atoms with Gasteiger partial charge < -0.3 is 9.84 Å². The molecule has 3 aromatic rings.